The zero-order valence-electron chi connectivity index (χ0n) is 9.41. The standard InChI is InChI=1S/C9H6ClFO4.C2H6/c10-9(13)6-3-1-2-4-7(6)14-5-8(12)15-11;1-2/h1-4H,5H2;1-2H3. The lowest BCUT2D eigenvalue weighted by atomic mass is 10.2. The Morgan fingerprint density at radius 2 is 1.88 bits per heavy atom. The molecule has 0 amide bonds. The van der Waals surface area contributed by atoms with Crippen LogP contribution in [-0.2, 0) is 9.74 Å². The number of carbonyl (C=O) groups is 2. The van der Waals surface area contributed by atoms with Gasteiger partial charge in [-0.25, -0.2) is 4.79 Å². The molecule has 0 heterocycles. The number of benzene rings is 1. The fourth-order valence-electron chi connectivity index (χ4n) is 0.914. The molecule has 0 atom stereocenters. The van der Waals surface area contributed by atoms with Crippen molar-refractivity contribution in [3.63, 3.8) is 0 Å². The van der Waals surface area contributed by atoms with Crippen molar-refractivity contribution in [3.05, 3.63) is 29.8 Å². The summed E-state index contributed by atoms with van der Waals surface area (Å²) in [7, 11) is 0. The molecule has 1 aromatic carbocycles. The lowest BCUT2D eigenvalue weighted by molar-refractivity contribution is -0.185. The number of para-hydroxylation sites is 1. The van der Waals surface area contributed by atoms with E-state index in [4.69, 9.17) is 16.3 Å². The molecule has 0 aliphatic rings. The molecule has 0 spiro atoms. The third-order valence-electron chi connectivity index (χ3n) is 1.53. The maximum Gasteiger partial charge on any atom is 0.385 e. The van der Waals surface area contributed by atoms with Gasteiger partial charge in [-0.1, -0.05) is 26.0 Å². The molecule has 1 rings (SSSR count). The van der Waals surface area contributed by atoms with Gasteiger partial charge in [0.15, 0.2) is 6.61 Å². The third-order valence-corrected chi connectivity index (χ3v) is 1.73. The molecule has 0 aliphatic heterocycles. The van der Waals surface area contributed by atoms with E-state index in [1.54, 1.807) is 12.1 Å². The van der Waals surface area contributed by atoms with Gasteiger partial charge in [0.2, 0.25) is 0 Å². The summed E-state index contributed by atoms with van der Waals surface area (Å²) in [6, 6.07) is 6.02. The topological polar surface area (TPSA) is 52.6 Å². The molecule has 0 radical (unpaired) electrons. The highest BCUT2D eigenvalue weighted by Crippen LogP contribution is 2.19. The Morgan fingerprint density at radius 3 is 2.41 bits per heavy atom. The molecule has 0 saturated heterocycles. The van der Waals surface area contributed by atoms with Gasteiger partial charge in [-0.2, -0.15) is 0 Å². The summed E-state index contributed by atoms with van der Waals surface area (Å²) in [5.74, 6) is -1.09. The first-order chi connectivity index (χ1) is 8.15. The Morgan fingerprint density at radius 1 is 1.29 bits per heavy atom. The summed E-state index contributed by atoms with van der Waals surface area (Å²) < 4.78 is 16.2. The van der Waals surface area contributed by atoms with E-state index >= 15 is 0 Å². The minimum absolute atomic E-state index is 0.0999. The summed E-state index contributed by atoms with van der Waals surface area (Å²) in [5, 5.41) is -0.723. The van der Waals surface area contributed by atoms with Crippen LogP contribution >= 0.6 is 11.6 Å². The number of hydrogen-bond donors (Lipinski definition) is 0. The molecular formula is C11H12ClFO4. The van der Waals surface area contributed by atoms with Crippen molar-refractivity contribution >= 4 is 22.8 Å². The van der Waals surface area contributed by atoms with Crippen molar-refractivity contribution in [1.29, 1.82) is 0 Å². The van der Waals surface area contributed by atoms with E-state index in [1.165, 1.54) is 12.1 Å². The van der Waals surface area contributed by atoms with E-state index in [1.807, 2.05) is 13.8 Å². The van der Waals surface area contributed by atoms with Gasteiger partial charge in [-0.15, -0.1) is 0 Å². The lowest BCUT2D eigenvalue weighted by Crippen LogP contribution is -2.12. The third kappa shape index (κ3) is 5.31. The van der Waals surface area contributed by atoms with E-state index in [9.17, 15) is 14.1 Å². The van der Waals surface area contributed by atoms with E-state index in [2.05, 4.69) is 4.94 Å². The molecule has 4 nitrogen and oxygen atoms in total. The molecule has 17 heavy (non-hydrogen) atoms. The second-order valence-electron chi connectivity index (χ2n) is 2.51. The van der Waals surface area contributed by atoms with Crippen LogP contribution in [0.5, 0.6) is 5.75 Å². The highest BCUT2D eigenvalue weighted by atomic mass is 35.5. The van der Waals surface area contributed by atoms with Crippen LogP contribution in [0.25, 0.3) is 0 Å². The molecule has 6 heteroatoms. The normalized spacial score (nSPS) is 8.71. The average Bonchev–Trinajstić information content (AvgIpc) is 2.38. The van der Waals surface area contributed by atoms with E-state index < -0.39 is 17.8 Å². The first-order valence-electron chi connectivity index (χ1n) is 4.88. The minimum atomic E-state index is -1.19. The van der Waals surface area contributed by atoms with Gasteiger partial charge in [0.25, 0.3) is 5.24 Å². The summed E-state index contributed by atoms with van der Waals surface area (Å²) >= 11 is 5.25. The van der Waals surface area contributed by atoms with E-state index in [0.717, 1.165) is 0 Å². The zero-order chi connectivity index (χ0) is 13.3. The second kappa shape index (κ2) is 8.52. The van der Waals surface area contributed by atoms with Crippen LogP contribution in [-0.4, -0.2) is 17.8 Å². The fourth-order valence-corrected chi connectivity index (χ4v) is 1.07. The molecule has 0 fully saturated rings. The molecule has 0 N–H and O–H groups in total. The Labute approximate surface area is 103 Å². The lowest BCUT2D eigenvalue weighted by Gasteiger charge is -2.05. The Hall–Kier alpha value is -1.62. The van der Waals surface area contributed by atoms with Crippen LogP contribution in [0.4, 0.5) is 4.53 Å². The number of hydrogen-bond acceptors (Lipinski definition) is 4. The molecule has 0 aromatic heterocycles. The van der Waals surface area contributed by atoms with Gasteiger partial charge in [-0.05, 0) is 23.7 Å². The first kappa shape index (κ1) is 15.4. The fraction of sp³-hybridized carbons (Fsp3) is 0.273. The molecule has 0 unspecified atom stereocenters. The van der Waals surface area contributed by atoms with Crippen LogP contribution in [0.2, 0.25) is 0 Å². The number of ether oxygens (including phenoxy) is 1. The molecule has 94 valence electrons. The van der Waals surface area contributed by atoms with E-state index in [-0.39, 0.29) is 11.3 Å². The molecular weight excluding hydrogens is 251 g/mol. The molecule has 0 bridgehead atoms. The van der Waals surface area contributed by atoms with Crippen LogP contribution in [0, 0.1) is 0 Å². The van der Waals surface area contributed by atoms with Crippen LogP contribution in [0.1, 0.15) is 24.2 Å². The molecule has 1 aromatic rings. The average molecular weight is 263 g/mol. The van der Waals surface area contributed by atoms with Gasteiger partial charge in [0, 0.05) is 4.53 Å². The largest absolute Gasteiger partial charge is 0.481 e. The van der Waals surface area contributed by atoms with Crippen molar-refractivity contribution in [2.45, 2.75) is 13.8 Å². The van der Waals surface area contributed by atoms with Crippen molar-refractivity contribution in [2.24, 2.45) is 0 Å². The first-order valence-corrected chi connectivity index (χ1v) is 5.26. The van der Waals surface area contributed by atoms with Gasteiger partial charge in [0.05, 0.1) is 5.56 Å². The predicted octanol–water partition coefficient (Wildman–Crippen LogP) is 2.90. The van der Waals surface area contributed by atoms with Gasteiger partial charge < -0.3 is 4.74 Å². The van der Waals surface area contributed by atoms with Crippen LogP contribution in [0.15, 0.2) is 24.3 Å². The van der Waals surface area contributed by atoms with Crippen LogP contribution < -0.4 is 4.74 Å². The monoisotopic (exact) mass is 262 g/mol. The minimum Gasteiger partial charge on any atom is -0.481 e. The Balaban J connectivity index is 0.00000121. The second-order valence-corrected chi connectivity index (χ2v) is 2.85. The molecule has 0 saturated carbocycles. The Kier molecular flexibility index (Phi) is 7.71. The maximum atomic E-state index is 11.3. The van der Waals surface area contributed by atoms with Gasteiger partial charge in [0.1, 0.15) is 5.75 Å². The maximum absolute atomic E-state index is 11.3. The number of halogens is 2. The summed E-state index contributed by atoms with van der Waals surface area (Å²) in [5.41, 5.74) is 0.103. The van der Waals surface area contributed by atoms with Gasteiger partial charge in [-0.3, -0.25) is 9.74 Å². The predicted molar refractivity (Wildman–Crippen MR) is 60.7 cm³/mol. The zero-order valence-corrected chi connectivity index (χ0v) is 10.2. The van der Waals surface area contributed by atoms with Crippen molar-refractivity contribution in [3.8, 4) is 5.75 Å². The molecule has 0 aliphatic carbocycles. The highest BCUT2D eigenvalue weighted by Gasteiger charge is 2.11. The number of rotatable bonds is 4. The quantitative estimate of drug-likeness (QED) is 0.783. The Bertz CT molecular complexity index is 381. The van der Waals surface area contributed by atoms with Crippen LogP contribution in [0.3, 0.4) is 0 Å². The summed E-state index contributed by atoms with van der Waals surface area (Å²) in [6.07, 6.45) is 0. The number of carbonyl (C=O) groups excluding carboxylic acids is 2. The van der Waals surface area contributed by atoms with Gasteiger partial charge >= 0.3 is 5.97 Å². The van der Waals surface area contributed by atoms with Crippen molar-refractivity contribution < 1.29 is 23.8 Å². The summed E-state index contributed by atoms with van der Waals surface area (Å²) in [4.78, 5) is 24.2. The smallest absolute Gasteiger partial charge is 0.385 e. The SMILES string of the molecule is CC.O=C(COc1ccccc1C(=O)Cl)OF. The van der Waals surface area contributed by atoms with Crippen molar-refractivity contribution in [1.82, 2.24) is 0 Å². The highest BCUT2D eigenvalue weighted by molar-refractivity contribution is 6.68. The summed E-state index contributed by atoms with van der Waals surface area (Å²) in [6.45, 7) is 3.37. The van der Waals surface area contributed by atoms with E-state index in [0.29, 0.717) is 0 Å². The van der Waals surface area contributed by atoms with Crippen molar-refractivity contribution in [2.75, 3.05) is 6.61 Å².